The van der Waals surface area contributed by atoms with E-state index in [2.05, 4.69) is 60.5 Å². The van der Waals surface area contributed by atoms with Crippen molar-refractivity contribution in [2.24, 2.45) is 5.92 Å². The third-order valence-corrected chi connectivity index (χ3v) is 2.92. The Bertz CT molecular complexity index is 386. The summed E-state index contributed by atoms with van der Waals surface area (Å²) in [6, 6.07) is 1.82. The molecule has 4 heteroatoms. The van der Waals surface area contributed by atoms with Gasteiger partial charge in [0.25, 0.3) is 0 Å². The van der Waals surface area contributed by atoms with Crippen molar-refractivity contribution in [3.8, 4) is 5.88 Å². The highest BCUT2D eigenvalue weighted by Gasteiger charge is 2.19. The van der Waals surface area contributed by atoms with E-state index in [4.69, 9.17) is 4.74 Å². The third kappa shape index (κ3) is 5.34. The predicted molar refractivity (Wildman–Crippen MR) is 78.0 cm³/mol. The summed E-state index contributed by atoms with van der Waals surface area (Å²) in [6.45, 7) is 11.4. The second kappa shape index (κ2) is 6.50. The summed E-state index contributed by atoms with van der Waals surface area (Å²) >= 11 is 3.41. The molecule has 0 bridgehead atoms. The smallest absolute Gasteiger partial charge is 0.217 e. The fraction of sp³-hybridized carbons (Fsp3) is 0.714. The fourth-order valence-corrected chi connectivity index (χ4v) is 1.84. The van der Waals surface area contributed by atoms with Gasteiger partial charge in [-0.2, -0.15) is 4.98 Å². The number of ether oxygens (including phenoxy) is 1. The molecule has 0 spiro atoms. The van der Waals surface area contributed by atoms with Crippen molar-refractivity contribution in [2.75, 3.05) is 6.61 Å². The summed E-state index contributed by atoms with van der Waals surface area (Å²) in [4.78, 5) is 8.85. The molecule has 1 aromatic heterocycles. The summed E-state index contributed by atoms with van der Waals surface area (Å²) in [7, 11) is 0. The number of aromatic nitrogens is 2. The van der Waals surface area contributed by atoms with Crippen LogP contribution in [0.4, 0.5) is 0 Å². The standard InChI is InChI=1S/C14H23BrN2O/c1-10(2)7-6-8-18-12-9-11(15)16-13(17-12)14(3,4)5/h9-10H,6-8H2,1-5H3. The molecule has 0 amide bonds. The lowest BCUT2D eigenvalue weighted by molar-refractivity contribution is 0.283. The second-order valence-electron chi connectivity index (χ2n) is 5.99. The average Bonchev–Trinajstić information content (AvgIpc) is 2.22. The van der Waals surface area contributed by atoms with Crippen molar-refractivity contribution in [1.29, 1.82) is 0 Å². The first kappa shape index (κ1) is 15.4. The van der Waals surface area contributed by atoms with Gasteiger partial charge in [-0.3, -0.25) is 0 Å². The van der Waals surface area contributed by atoms with Crippen LogP contribution in [0.1, 0.15) is 53.3 Å². The largest absolute Gasteiger partial charge is 0.478 e. The predicted octanol–water partition coefficient (Wildman–Crippen LogP) is 4.35. The molecule has 1 heterocycles. The SMILES string of the molecule is CC(C)CCCOc1cc(Br)nc(C(C)(C)C)n1. The van der Waals surface area contributed by atoms with E-state index in [0.717, 1.165) is 22.8 Å². The van der Waals surface area contributed by atoms with E-state index in [1.54, 1.807) is 0 Å². The van der Waals surface area contributed by atoms with Gasteiger partial charge in [-0.1, -0.05) is 34.6 Å². The Morgan fingerprint density at radius 1 is 1.28 bits per heavy atom. The Morgan fingerprint density at radius 3 is 2.50 bits per heavy atom. The monoisotopic (exact) mass is 314 g/mol. The third-order valence-electron chi connectivity index (χ3n) is 2.52. The van der Waals surface area contributed by atoms with Gasteiger partial charge >= 0.3 is 0 Å². The van der Waals surface area contributed by atoms with E-state index < -0.39 is 0 Å². The molecule has 1 aromatic rings. The van der Waals surface area contributed by atoms with Crippen LogP contribution in [-0.2, 0) is 5.41 Å². The number of nitrogens with zero attached hydrogens (tertiary/aromatic N) is 2. The van der Waals surface area contributed by atoms with Gasteiger partial charge in [-0.15, -0.1) is 0 Å². The first-order chi connectivity index (χ1) is 8.29. The van der Waals surface area contributed by atoms with Crippen LogP contribution in [0.25, 0.3) is 0 Å². The van der Waals surface area contributed by atoms with Gasteiger partial charge in [-0.25, -0.2) is 4.98 Å². The molecule has 0 aliphatic rings. The van der Waals surface area contributed by atoms with Crippen molar-refractivity contribution in [1.82, 2.24) is 9.97 Å². The summed E-state index contributed by atoms with van der Waals surface area (Å²) in [5, 5.41) is 0. The Morgan fingerprint density at radius 2 is 1.94 bits per heavy atom. The van der Waals surface area contributed by atoms with Crippen LogP contribution >= 0.6 is 15.9 Å². The molecular weight excluding hydrogens is 292 g/mol. The zero-order chi connectivity index (χ0) is 13.8. The maximum atomic E-state index is 5.69. The highest BCUT2D eigenvalue weighted by molar-refractivity contribution is 9.10. The molecule has 0 saturated heterocycles. The molecule has 102 valence electrons. The van der Waals surface area contributed by atoms with Crippen molar-refractivity contribution in [2.45, 2.75) is 52.9 Å². The Kier molecular flexibility index (Phi) is 5.57. The highest BCUT2D eigenvalue weighted by atomic mass is 79.9. The maximum Gasteiger partial charge on any atom is 0.217 e. The van der Waals surface area contributed by atoms with Crippen molar-refractivity contribution < 1.29 is 4.74 Å². The first-order valence-corrected chi connectivity index (χ1v) is 7.26. The van der Waals surface area contributed by atoms with Gasteiger partial charge in [0, 0.05) is 11.5 Å². The van der Waals surface area contributed by atoms with Gasteiger partial charge in [0.2, 0.25) is 5.88 Å². The lowest BCUT2D eigenvalue weighted by Gasteiger charge is -2.17. The Hall–Kier alpha value is -0.640. The Labute approximate surface area is 119 Å². The molecule has 0 N–H and O–H groups in total. The summed E-state index contributed by atoms with van der Waals surface area (Å²) in [5.74, 6) is 2.18. The molecule has 1 rings (SSSR count). The van der Waals surface area contributed by atoms with Crippen molar-refractivity contribution in [3.05, 3.63) is 16.5 Å². The maximum absolute atomic E-state index is 5.69. The van der Waals surface area contributed by atoms with Crippen LogP contribution in [0, 0.1) is 5.92 Å². The van der Waals surface area contributed by atoms with Gasteiger partial charge in [0.1, 0.15) is 10.4 Å². The number of hydrogen-bond donors (Lipinski definition) is 0. The lowest BCUT2D eigenvalue weighted by atomic mass is 9.96. The average molecular weight is 315 g/mol. The number of rotatable bonds is 5. The lowest BCUT2D eigenvalue weighted by Crippen LogP contribution is -2.17. The van der Waals surface area contributed by atoms with Crippen LogP contribution in [0.2, 0.25) is 0 Å². The molecule has 0 radical (unpaired) electrons. The van der Waals surface area contributed by atoms with Crippen molar-refractivity contribution >= 4 is 15.9 Å². The molecule has 3 nitrogen and oxygen atoms in total. The molecule has 0 unspecified atom stereocenters. The molecule has 0 aliphatic carbocycles. The number of hydrogen-bond acceptors (Lipinski definition) is 3. The van der Waals surface area contributed by atoms with Crippen LogP contribution in [0.3, 0.4) is 0 Å². The van der Waals surface area contributed by atoms with Crippen LogP contribution in [0.5, 0.6) is 5.88 Å². The molecule has 0 atom stereocenters. The van der Waals surface area contributed by atoms with Crippen LogP contribution in [-0.4, -0.2) is 16.6 Å². The van der Waals surface area contributed by atoms with Gasteiger partial charge in [-0.05, 0) is 34.7 Å². The summed E-state index contributed by atoms with van der Waals surface area (Å²) < 4.78 is 6.47. The second-order valence-corrected chi connectivity index (χ2v) is 6.80. The van der Waals surface area contributed by atoms with E-state index in [-0.39, 0.29) is 5.41 Å². The van der Waals surface area contributed by atoms with E-state index in [0.29, 0.717) is 12.5 Å². The zero-order valence-corrected chi connectivity index (χ0v) is 13.5. The Balaban J connectivity index is 2.63. The van der Waals surface area contributed by atoms with E-state index in [9.17, 15) is 0 Å². The van der Waals surface area contributed by atoms with E-state index >= 15 is 0 Å². The number of halogens is 1. The van der Waals surface area contributed by atoms with E-state index in [1.165, 1.54) is 6.42 Å². The minimum Gasteiger partial charge on any atom is -0.478 e. The highest BCUT2D eigenvalue weighted by Crippen LogP contribution is 2.23. The fourth-order valence-electron chi connectivity index (χ4n) is 1.47. The normalized spacial score (nSPS) is 11.9. The van der Waals surface area contributed by atoms with Crippen LogP contribution < -0.4 is 4.74 Å². The van der Waals surface area contributed by atoms with Gasteiger partial charge < -0.3 is 4.74 Å². The minimum absolute atomic E-state index is 0.0696. The first-order valence-electron chi connectivity index (χ1n) is 6.47. The topological polar surface area (TPSA) is 35.0 Å². The molecule has 0 saturated carbocycles. The minimum atomic E-state index is -0.0696. The molecule has 0 aromatic carbocycles. The molecular formula is C14H23BrN2O. The van der Waals surface area contributed by atoms with Gasteiger partial charge in [0.15, 0.2) is 0 Å². The van der Waals surface area contributed by atoms with Crippen molar-refractivity contribution in [3.63, 3.8) is 0 Å². The van der Waals surface area contributed by atoms with E-state index in [1.807, 2.05) is 6.07 Å². The molecule has 18 heavy (non-hydrogen) atoms. The molecule has 0 fully saturated rings. The zero-order valence-electron chi connectivity index (χ0n) is 12.0. The molecule has 0 aliphatic heterocycles. The van der Waals surface area contributed by atoms with Gasteiger partial charge in [0.05, 0.1) is 6.61 Å². The van der Waals surface area contributed by atoms with Crippen LogP contribution in [0.15, 0.2) is 10.7 Å². The summed E-state index contributed by atoms with van der Waals surface area (Å²) in [5.41, 5.74) is -0.0696. The summed E-state index contributed by atoms with van der Waals surface area (Å²) in [6.07, 6.45) is 2.24. The quantitative estimate of drug-likeness (QED) is 0.598.